The average molecular weight is 364 g/mol. The van der Waals surface area contributed by atoms with Crippen LogP contribution in [0.25, 0.3) is 0 Å². The van der Waals surface area contributed by atoms with Crippen molar-refractivity contribution in [3.63, 3.8) is 0 Å². The zero-order chi connectivity index (χ0) is 17.0. The minimum Gasteiger partial charge on any atom is -0.212 e. The smallest absolute Gasteiger partial charge is 0.212 e. The highest BCUT2D eigenvalue weighted by Crippen LogP contribution is 2.26. The molecule has 1 heterocycles. The molecule has 0 unspecified atom stereocenters. The van der Waals surface area contributed by atoms with Crippen molar-refractivity contribution in [3.8, 4) is 0 Å². The third kappa shape index (κ3) is 4.38. The molecule has 0 atom stereocenters. The van der Waals surface area contributed by atoms with Crippen LogP contribution in [0.3, 0.4) is 0 Å². The van der Waals surface area contributed by atoms with Crippen LogP contribution in [0.4, 0.5) is 0 Å². The monoisotopic (exact) mass is 363 g/mol. The molecule has 2 aromatic carbocycles. The van der Waals surface area contributed by atoms with Crippen molar-refractivity contribution >= 4 is 21.6 Å². The first-order valence-electron chi connectivity index (χ1n) is 8.30. The lowest BCUT2D eigenvalue weighted by Gasteiger charge is -2.31. The number of benzene rings is 2. The fourth-order valence-electron chi connectivity index (χ4n) is 3.24. The third-order valence-corrected chi connectivity index (χ3v) is 6.83. The van der Waals surface area contributed by atoms with E-state index in [0.29, 0.717) is 29.6 Å². The van der Waals surface area contributed by atoms with Gasteiger partial charge in [-0.05, 0) is 42.4 Å². The van der Waals surface area contributed by atoms with Gasteiger partial charge in [0.25, 0.3) is 0 Å². The Morgan fingerprint density at radius 2 is 1.58 bits per heavy atom. The Morgan fingerprint density at radius 3 is 2.25 bits per heavy atom. The van der Waals surface area contributed by atoms with Gasteiger partial charge in [-0.15, -0.1) is 0 Å². The Balaban J connectivity index is 1.58. The van der Waals surface area contributed by atoms with E-state index in [0.717, 1.165) is 19.3 Å². The van der Waals surface area contributed by atoms with Gasteiger partial charge in [-0.2, -0.15) is 0 Å². The number of halogens is 1. The van der Waals surface area contributed by atoms with Crippen molar-refractivity contribution in [2.24, 2.45) is 5.92 Å². The first kappa shape index (κ1) is 17.5. The van der Waals surface area contributed by atoms with Crippen molar-refractivity contribution in [2.45, 2.75) is 25.0 Å². The molecule has 1 fully saturated rings. The van der Waals surface area contributed by atoms with E-state index < -0.39 is 10.0 Å². The Labute approximate surface area is 149 Å². The molecular formula is C19H22ClNO2S. The highest BCUT2D eigenvalue weighted by molar-refractivity contribution is 7.88. The van der Waals surface area contributed by atoms with Crippen LogP contribution in [0.15, 0.2) is 54.6 Å². The van der Waals surface area contributed by atoms with Gasteiger partial charge in [0.2, 0.25) is 10.0 Å². The molecule has 2 aromatic rings. The number of hydrogen-bond donors (Lipinski definition) is 0. The van der Waals surface area contributed by atoms with Gasteiger partial charge < -0.3 is 0 Å². The van der Waals surface area contributed by atoms with E-state index in [1.54, 1.807) is 16.4 Å². The molecule has 0 N–H and O–H groups in total. The molecule has 0 aromatic heterocycles. The van der Waals surface area contributed by atoms with E-state index in [-0.39, 0.29) is 5.75 Å². The standard InChI is InChI=1S/C19H22ClNO2S/c20-19-9-5-4-8-18(19)15-24(22,23)21-12-10-17(11-13-21)14-16-6-2-1-3-7-16/h1-9,17H,10-15H2. The van der Waals surface area contributed by atoms with Crippen LogP contribution >= 0.6 is 11.6 Å². The SMILES string of the molecule is O=S(=O)(Cc1ccccc1Cl)N1CCC(Cc2ccccc2)CC1. The molecule has 0 amide bonds. The Bertz CT molecular complexity index is 769. The molecule has 0 radical (unpaired) electrons. The summed E-state index contributed by atoms with van der Waals surface area (Å²) in [4.78, 5) is 0. The normalized spacial score (nSPS) is 17.0. The van der Waals surface area contributed by atoms with Crippen LogP contribution in [0.1, 0.15) is 24.0 Å². The van der Waals surface area contributed by atoms with Crippen molar-refractivity contribution in [1.82, 2.24) is 4.31 Å². The first-order valence-corrected chi connectivity index (χ1v) is 10.3. The summed E-state index contributed by atoms with van der Waals surface area (Å²) in [5, 5.41) is 0.514. The van der Waals surface area contributed by atoms with Crippen molar-refractivity contribution in [1.29, 1.82) is 0 Å². The van der Waals surface area contributed by atoms with Crippen molar-refractivity contribution < 1.29 is 8.42 Å². The molecule has 128 valence electrons. The number of piperidine rings is 1. The predicted octanol–water partition coefficient (Wildman–Crippen LogP) is 4.12. The highest BCUT2D eigenvalue weighted by Gasteiger charge is 2.28. The molecular weight excluding hydrogens is 342 g/mol. The lowest BCUT2D eigenvalue weighted by molar-refractivity contribution is 0.272. The fraction of sp³-hybridized carbons (Fsp3) is 0.368. The molecule has 0 saturated carbocycles. The zero-order valence-electron chi connectivity index (χ0n) is 13.6. The van der Waals surface area contributed by atoms with Gasteiger partial charge in [0.15, 0.2) is 0 Å². The molecule has 0 bridgehead atoms. The van der Waals surface area contributed by atoms with Crippen LogP contribution in [-0.4, -0.2) is 25.8 Å². The van der Waals surface area contributed by atoms with Gasteiger partial charge in [0, 0.05) is 18.1 Å². The van der Waals surface area contributed by atoms with Crippen LogP contribution in [0.2, 0.25) is 5.02 Å². The maximum atomic E-state index is 12.6. The molecule has 0 spiro atoms. The maximum absolute atomic E-state index is 12.6. The second-order valence-electron chi connectivity index (χ2n) is 6.38. The molecule has 24 heavy (non-hydrogen) atoms. The zero-order valence-corrected chi connectivity index (χ0v) is 15.1. The summed E-state index contributed by atoms with van der Waals surface area (Å²) in [5.41, 5.74) is 2.00. The molecule has 3 nitrogen and oxygen atoms in total. The van der Waals surface area contributed by atoms with E-state index in [9.17, 15) is 8.42 Å². The quantitative estimate of drug-likeness (QED) is 0.801. The fourth-order valence-corrected chi connectivity index (χ4v) is 5.12. The van der Waals surface area contributed by atoms with E-state index in [4.69, 9.17) is 11.6 Å². The molecule has 3 rings (SSSR count). The Kier molecular flexibility index (Phi) is 5.59. The number of sulfonamides is 1. The summed E-state index contributed by atoms with van der Waals surface area (Å²) < 4.78 is 26.9. The van der Waals surface area contributed by atoms with E-state index in [1.165, 1.54) is 5.56 Å². The second-order valence-corrected chi connectivity index (χ2v) is 8.76. The maximum Gasteiger partial charge on any atom is 0.218 e. The molecule has 1 aliphatic rings. The van der Waals surface area contributed by atoms with Gasteiger partial charge in [0.05, 0.1) is 5.75 Å². The highest BCUT2D eigenvalue weighted by atomic mass is 35.5. The van der Waals surface area contributed by atoms with Gasteiger partial charge in [0.1, 0.15) is 0 Å². The summed E-state index contributed by atoms with van der Waals surface area (Å²) in [6, 6.07) is 17.6. The van der Waals surface area contributed by atoms with E-state index in [2.05, 4.69) is 24.3 Å². The lowest BCUT2D eigenvalue weighted by Crippen LogP contribution is -2.39. The summed E-state index contributed by atoms with van der Waals surface area (Å²) in [6.07, 6.45) is 2.85. The van der Waals surface area contributed by atoms with E-state index >= 15 is 0 Å². The topological polar surface area (TPSA) is 37.4 Å². The summed E-state index contributed by atoms with van der Waals surface area (Å²) in [5.74, 6) is 0.537. The molecule has 1 saturated heterocycles. The van der Waals surface area contributed by atoms with Crippen LogP contribution < -0.4 is 0 Å². The van der Waals surface area contributed by atoms with Gasteiger partial charge in [-0.3, -0.25) is 0 Å². The summed E-state index contributed by atoms with van der Waals surface area (Å²) in [6.45, 7) is 1.20. The van der Waals surface area contributed by atoms with Gasteiger partial charge in [-0.25, -0.2) is 12.7 Å². The third-order valence-electron chi connectivity index (χ3n) is 4.63. The number of hydrogen-bond acceptors (Lipinski definition) is 2. The van der Waals surface area contributed by atoms with E-state index in [1.807, 2.05) is 18.2 Å². The number of nitrogens with zero attached hydrogens (tertiary/aromatic N) is 1. The van der Waals surface area contributed by atoms with Crippen LogP contribution in [0, 0.1) is 5.92 Å². The minimum atomic E-state index is -3.31. The van der Waals surface area contributed by atoms with Crippen molar-refractivity contribution in [2.75, 3.05) is 13.1 Å². The van der Waals surface area contributed by atoms with Gasteiger partial charge in [-0.1, -0.05) is 60.1 Å². The second kappa shape index (κ2) is 7.68. The lowest BCUT2D eigenvalue weighted by atomic mass is 9.91. The van der Waals surface area contributed by atoms with Crippen molar-refractivity contribution in [3.05, 3.63) is 70.7 Å². The Morgan fingerprint density at radius 1 is 0.958 bits per heavy atom. The van der Waals surface area contributed by atoms with Crippen LogP contribution in [-0.2, 0) is 22.2 Å². The molecule has 1 aliphatic heterocycles. The number of rotatable bonds is 5. The minimum absolute atomic E-state index is 0.0178. The first-order chi connectivity index (χ1) is 11.5. The molecule has 0 aliphatic carbocycles. The average Bonchev–Trinajstić information content (AvgIpc) is 2.58. The van der Waals surface area contributed by atoms with Gasteiger partial charge >= 0.3 is 0 Å². The summed E-state index contributed by atoms with van der Waals surface area (Å²) >= 11 is 6.10. The predicted molar refractivity (Wildman–Crippen MR) is 98.5 cm³/mol. The molecule has 5 heteroatoms. The largest absolute Gasteiger partial charge is 0.218 e. The van der Waals surface area contributed by atoms with Crippen LogP contribution in [0.5, 0.6) is 0 Å². The summed E-state index contributed by atoms with van der Waals surface area (Å²) in [7, 11) is -3.31. The Hall–Kier alpha value is -1.36.